The number of nitrogens with one attached hydrogen (secondary N) is 1. The molecular formula is C19H31N3O3. The Bertz CT molecular complexity index is 512. The third-order valence-corrected chi connectivity index (χ3v) is 3.85. The van der Waals surface area contributed by atoms with Gasteiger partial charge in [-0.3, -0.25) is 4.79 Å². The Hall–Kier alpha value is -2.11. The molecule has 1 aromatic heterocycles. The SMILES string of the molecule is C=C(C)C(=O)OCCCNC(=O)CCCCCCCCn1ccnc1. The van der Waals surface area contributed by atoms with Crippen molar-refractivity contribution in [3.05, 3.63) is 30.9 Å². The zero-order chi connectivity index (χ0) is 18.3. The molecule has 1 rings (SSSR count). The Morgan fingerprint density at radius 3 is 2.52 bits per heavy atom. The molecule has 0 spiro atoms. The zero-order valence-electron chi connectivity index (χ0n) is 15.3. The summed E-state index contributed by atoms with van der Waals surface area (Å²) in [7, 11) is 0. The van der Waals surface area contributed by atoms with Gasteiger partial charge in [-0.05, 0) is 26.2 Å². The molecule has 0 fully saturated rings. The predicted octanol–water partition coefficient (Wildman–Crippen LogP) is 3.24. The first kappa shape index (κ1) is 20.9. The van der Waals surface area contributed by atoms with Crippen LogP contribution in [0, 0.1) is 0 Å². The fraction of sp³-hybridized carbons (Fsp3) is 0.632. The standard InChI is InChI=1S/C19H31N3O3/c1-17(2)19(24)25-15-9-11-21-18(23)10-7-5-3-4-6-8-13-22-14-12-20-16-22/h12,14,16H,1,3-11,13,15H2,2H3,(H,21,23). The van der Waals surface area contributed by atoms with Gasteiger partial charge in [0.25, 0.3) is 0 Å². The first-order chi connectivity index (χ1) is 12.1. The van der Waals surface area contributed by atoms with Gasteiger partial charge in [0.05, 0.1) is 12.9 Å². The van der Waals surface area contributed by atoms with E-state index in [1.54, 1.807) is 13.1 Å². The van der Waals surface area contributed by atoms with Crippen molar-refractivity contribution < 1.29 is 14.3 Å². The highest BCUT2D eigenvalue weighted by Crippen LogP contribution is 2.08. The minimum atomic E-state index is -0.378. The van der Waals surface area contributed by atoms with E-state index in [0.29, 0.717) is 31.6 Å². The Morgan fingerprint density at radius 2 is 1.84 bits per heavy atom. The molecule has 6 nitrogen and oxygen atoms in total. The smallest absolute Gasteiger partial charge is 0.333 e. The molecule has 25 heavy (non-hydrogen) atoms. The van der Waals surface area contributed by atoms with Gasteiger partial charge in [0, 0.05) is 37.5 Å². The first-order valence-corrected chi connectivity index (χ1v) is 9.14. The number of hydrogen-bond acceptors (Lipinski definition) is 4. The number of esters is 1. The minimum absolute atomic E-state index is 0.0753. The van der Waals surface area contributed by atoms with E-state index in [1.165, 1.54) is 25.7 Å². The lowest BCUT2D eigenvalue weighted by molar-refractivity contribution is -0.138. The Kier molecular flexibility index (Phi) is 11.1. The Balaban J connectivity index is 1.83. The summed E-state index contributed by atoms with van der Waals surface area (Å²) >= 11 is 0. The van der Waals surface area contributed by atoms with Crippen LogP contribution in [-0.4, -0.2) is 34.6 Å². The maximum absolute atomic E-state index is 11.7. The maximum atomic E-state index is 11.7. The third kappa shape index (κ3) is 11.1. The fourth-order valence-electron chi connectivity index (χ4n) is 2.38. The van der Waals surface area contributed by atoms with Crippen molar-refractivity contribution in [1.82, 2.24) is 14.9 Å². The molecule has 1 amide bonds. The second-order valence-electron chi connectivity index (χ2n) is 6.29. The second-order valence-corrected chi connectivity index (χ2v) is 6.29. The van der Waals surface area contributed by atoms with Crippen LogP contribution in [0.3, 0.4) is 0 Å². The number of imidazole rings is 1. The molecule has 0 unspecified atom stereocenters. The first-order valence-electron chi connectivity index (χ1n) is 9.14. The van der Waals surface area contributed by atoms with Crippen molar-refractivity contribution in [2.45, 2.75) is 64.8 Å². The van der Waals surface area contributed by atoms with Crippen molar-refractivity contribution in [2.75, 3.05) is 13.2 Å². The van der Waals surface area contributed by atoms with Gasteiger partial charge in [-0.25, -0.2) is 9.78 Å². The largest absolute Gasteiger partial charge is 0.462 e. The number of nitrogens with zero attached hydrogens (tertiary/aromatic N) is 2. The fourth-order valence-corrected chi connectivity index (χ4v) is 2.38. The van der Waals surface area contributed by atoms with Crippen molar-refractivity contribution in [3.8, 4) is 0 Å². The molecule has 0 aliphatic rings. The highest BCUT2D eigenvalue weighted by molar-refractivity contribution is 5.86. The summed E-state index contributed by atoms with van der Waals surface area (Å²) in [5.41, 5.74) is 0.394. The molecule has 0 atom stereocenters. The number of hydrogen-bond donors (Lipinski definition) is 1. The number of aromatic nitrogens is 2. The van der Waals surface area contributed by atoms with Crippen molar-refractivity contribution in [3.63, 3.8) is 0 Å². The van der Waals surface area contributed by atoms with Crippen LogP contribution in [0.1, 0.15) is 58.3 Å². The summed E-state index contributed by atoms with van der Waals surface area (Å²) < 4.78 is 7.06. The van der Waals surface area contributed by atoms with E-state index in [4.69, 9.17) is 4.74 Å². The summed E-state index contributed by atoms with van der Waals surface area (Å²) in [6.45, 7) is 7.01. The van der Waals surface area contributed by atoms with Gasteiger partial charge in [-0.2, -0.15) is 0 Å². The number of unbranched alkanes of at least 4 members (excludes halogenated alkanes) is 5. The number of rotatable bonds is 14. The lowest BCUT2D eigenvalue weighted by Gasteiger charge is -2.06. The molecule has 140 valence electrons. The van der Waals surface area contributed by atoms with E-state index in [-0.39, 0.29) is 11.9 Å². The van der Waals surface area contributed by atoms with Gasteiger partial charge in [0.15, 0.2) is 0 Å². The topological polar surface area (TPSA) is 73.2 Å². The maximum Gasteiger partial charge on any atom is 0.333 e. The summed E-state index contributed by atoms with van der Waals surface area (Å²) in [6, 6.07) is 0. The van der Waals surface area contributed by atoms with Crippen LogP contribution in [0.5, 0.6) is 0 Å². The van der Waals surface area contributed by atoms with Gasteiger partial charge >= 0.3 is 5.97 Å². The number of carbonyl (C=O) groups is 2. The number of carbonyl (C=O) groups excluding carboxylic acids is 2. The molecule has 0 aliphatic heterocycles. The molecule has 1 N–H and O–H groups in total. The molecule has 1 heterocycles. The summed E-state index contributed by atoms with van der Waals surface area (Å²) in [5, 5.41) is 2.85. The molecular weight excluding hydrogens is 318 g/mol. The van der Waals surface area contributed by atoms with Crippen LogP contribution in [0.25, 0.3) is 0 Å². The van der Waals surface area contributed by atoms with Crippen LogP contribution in [0.15, 0.2) is 30.9 Å². The predicted molar refractivity (Wildman–Crippen MR) is 97.9 cm³/mol. The summed E-state index contributed by atoms with van der Waals surface area (Å²) in [4.78, 5) is 26.9. The Morgan fingerprint density at radius 1 is 1.12 bits per heavy atom. The second kappa shape index (κ2) is 13.2. The lowest BCUT2D eigenvalue weighted by Crippen LogP contribution is -2.25. The Labute approximate surface area is 150 Å². The lowest BCUT2D eigenvalue weighted by atomic mass is 10.1. The van der Waals surface area contributed by atoms with Crippen LogP contribution < -0.4 is 5.32 Å². The third-order valence-electron chi connectivity index (χ3n) is 3.85. The number of ether oxygens (including phenoxy) is 1. The molecule has 0 bridgehead atoms. The van der Waals surface area contributed by atoms with Crippen LogP contribution >= 0.6 is 0 Å². The van der Waals surface area contributed by atoms with Crippen LogP contribution in [-0.2, 0) is 20.9 Å². The molecule has 1 aromatic rings. The van der Waals surface area contributed by atoms with Gasteiger partial charge in [0.2, 0.25) is 5.91 Å². The minimum Gasteiger partial charge on any atom is -0.462 e. The quantitative estimate of drug-likeness (QED) is 0.318. The average Bonchev–Trinajstić information content (AvgIpc) is 3.10. The molecule has 0 radical (unpaired) electrons. The molecule has 0 saturated heterocycles. The van der Waals surface area contributed by atoms with Crippen molar-refractivity contribution >= 4 is 11.9 Å². The van der Waals surface area contributed by atoms with E-state index in [0.717, 1.165) is 19.4 Å². The highest BCUT2D eigenvalue weighted by Gasteiger charge is 2.03. The van der Waals surface area contributed by atoms with Gasteiger partial charge in [0.1, 0.15) is 0 Å². The van der Waals surface area contributed by atoms with E-state index < -0.39 is 0 Å². The van der Waals surface area contributed by atoms with E-state index >= 15 is 0 Å². The van der Waals surface area contributed by atoms with Crippen molar-refractivity contribution in [1.29, 1.82) is 0 Å². The normalized spacial score (nSPS) is 10.4. The molecule has 0 aliphatic carbocycles. The van der Waals surface area contributed by atoms with Crippen molar-refractivity contribution in [2.24, 2.45) is 0 Å². The molecule has 0 saturated carbocycles. The summed E-state index contributed by atoms with van der Waals surface area (Å²) in [6.07, 6.45) is 13.6. The van der Waals surface area contributed by atoms with Gasteiger partial charge in [-0.1, -0.05) is 32.3 Å². The van der Waals surface area contributed by atoms with Crippen LogP contribution in [0.2, 0.25) is 0 Å². The monoisotopic (exact) mass is 349 g/mol. The van der Waals surface area contributed by atoms with E-state index in [9.17, 15) is 9.59 Å². The van der Waals surface area contributed by atoms with E-state index in [1.807, 2.05) is 12.5 Å². The van der Waals surface area contributed by atoms with E-state index in [2.05, 4.69) is 21.4 Å². The number of aryl methyl sites for hydroxylation is 1. The zero-order valence-corrected chi connectivity index (χ0v) is 15.3. The number of amides is 1. The van der Waals surface area contributed by atoms with Gasteiger partial charge in [-0.15, -0.1) is 0 Å². The van der Waals surface area contributed by atoms with Crippen LogP contribution in [0.4, 0.5) is 0 Å². The average molecular weight is 349 g/mol. The molecule has 0 aromatic carbocycles. The summed E-state index contributed by atoms with van der Waals surface area (Å²) in [5.74, 6) is -0.303. The molecule has 6 heteroatoms. The highest BCUT2D eigenvalue weighted by atomic mass is 16.5. The van der Waals surface area contributed by atoms with Gasteiger partial charge < -0.3 is 14.6 Å².